The zero-order valence-electron chi connectivity index (χ0n) is 11.6. The molecule has 0 aliphatic rings. The van der Waals surface area contributed by atoms with Crippen molar-refractivity contribution in [2.75, 3.05) is 6.61 Å². The number of allylic oxidation sites excluding steroid dienone is 1. The van der Waals surface area contributed by atoms with Crippen LogP contribution in [0, 0.1) is 5.41 Å². The lowest BCUT2D eigenvalue weighted by Gasteiger charge is -2.34. The van der Waals surface area contributed by atoms with Crippen LogP contribution in [-0.2, 0) is 4.74 Å². The highest BCUT2D eigenvalue weighted by Gasteiger charge is 2.34. The first-order valence-electron chi connectivity index (χ1n) is 6.57. The molecule has 0 unspecified atom stereocenters. The average molecular weight is 262 g/mol. The molecule has 19 heavy (non-hydrogen) atoms. The number of aliphatic hydroxyl groups excluding tert-OH is 1. The van der Waals surface area contributed by atoms with Crippen molar-refractivity contribution in [3.05, 3.63) is 48.6 Å². The molecular formula is C16H22O3. The fourth-order valence-electron chi connectivity index (χ4n) is 2.05. The standard InChI is InChI=1S/C16H22O3/c1-4-11-16(5-2,13(3)17)12-19-15(18)14-9-7-6-8-10-14/h4,6-10,13,17H,1,5,11-12H2,2-3H3/t13-,16-/m1/s1. The first-order chi connectivity index (χ1) is 9.05. The summed E-state index contributed by atoms with van der Waals surface area (Å²) in [6.07, 6.45) is 2.54. The molecule has 0 aromatic heterocycles. The van der Waals surface area contributed by atoms with E-state index >= 15 is 0 Å². The Morgan fingerprint density at radius 2 is 2.11 bits per heavy atom. The fraction of sp³-hybridized carbons (Fsp3) is 0.438. The maximum atomic E-state index is 11.9. The second-order valence-electron chi connectivity index (χ2n) is 4.83. The van der Waals surface area contributed by atoms with Crippen molar-refractivity contribution in [1.29, 1.82) is 0 Å². The van der Waals surface area contributed by atoms with E-state index in [0.717, 1.165) is 6.42 Å². The third-order valence-electron chi connectivity index (χ3n) is 3.64. The Balaban J connectivity index is 2.71. The van der Waals surface area contributed by atoms with E-state index in [-0.39, 0.29) is 12.6 Å². The van der Waals surface area contributed by atoms with Crippen LogP contribution >= 0.6 is 0 Å². The summed E-state index contributed by atoms with van der Waals surface area (Å²) in [5.74, 6) is -0.358. The number of aliphatic hydroxyl groups is 1. The molecule has 3 nitrogen and oxygen atoms in total. The molecule has 0 saturated carbocycles. The number of esters is 1. The summed E-state index contributed by atoms with van der Waals surface area (Å²) in [5.41, 5.74) is 0.0725. The summed E-state index contributed by atoms with van der Waals surface area (Å²) in [7, 11) is 0. The van der Waals surface area contributed by atoms with E-state index in [4.69, 9.17) is 4.74 Å². The molecule has 3 heteroatoms. The number of benzene rings is 1. The highest BCUT2D eigenvalue weighted by molar-refractivity contribution is 5.89. The molecule has 1 rings (SSSR count). The quantitative estimate of drug-likeness (QED) is 0.606. The number of ether oxygens (including phenoxy) is 1. The molecular weight excluding hydrogens is 240 g/mol. The lowest BCUT2D eigenvalue weighted by atomic mass is 9.78. The van der Waals surface area contributed by atoms with Gasteiger partial charge in [-0.25, -0.2) is 4.79 Å². The molecule has 0 radical (unpaired) electrons. The van der Waals surface area contributed by atoms with Crippen molar-refractivity contribution in [2.24, 2.45) is 5.41 Å². The summed E-state index contributed by atoms with van der Waals surface area (Å²) < 4.78 is 5.35. The number of hydrogen-bond donors (Lipinski definition) is 1. The molecule has 0 spiro atoms. The largest absolute Gasteiger partial charge is 0.461 e. The van der Waals surface area contributed by atoms with Gasteiger partial charge in [0.05, 0.1) is 11.7 Å². The Morgan fingerprint density at radius 1 is 1.47 bits per heavy atom. The van der Waals surface area contributed by atoms with Crippen molar-refractivity contribution in [3.63, 3.8) is 0 Å². The minimum Gasteiger partial charge on any atom is -0.461 e. The van der Waals surface area contributed by atoms with E-state index in [9.17, 15) is 9.90 Å². The molecule has 0 fully saturated rings. The van der Waals surface area contributed by atoms with Crippen LogP contribution in [0.2, 0.25) is 0 Å². The highest BCUT2D eigenvalue weighted by atomic mass is 16.5. The number of carbonyl (C=O) groups is 1. The summed E-state index contributed by atoms with van der Waals surface area (Å²) in [4.78, 5) is 11.9. The molecule has 0 saturated heterocycles. The second-order valence-corrected chi connectivity index (χ2v) is 4.83. The van der Waals surface area contributed by atoms with Crippen LogP contribution in [0.3, 0.4) is 0 Å². The number of rotatable bonds is 7. The van der Waals surface area contributed by atoms with Gasteiger partial charge in [-0.1, -0.05) is 31.2 Å². The molecule has 1 aromatic carbocycles. The lowest BCUT2D eigenvalue weighted by molar-refractivity contribution is -0.0250. The highest BCUT2D eigenvalue weighted by Crippen LogP contribution is 2.32. The zero-order valence-corrected chi connectivity index (χ0v) is 11.6. The van der Waals surface area contributed by atoms with Crippen molar-refractivity contribution in [2.45, 2.75) is 32.8 Å². The second kappa shape index (κ2) is 7.10. The van der Waals surface area contributed by atoms with E-state index in [1.165, 1.54) is 0 Å². The van der Waals surface area contributed by atoms with Crippen LogP contribution in [0.4, 0.5) is 0 Å². The van der Waals surface area contributed by atoms with Crippen LogP contribution < -0.4 is 0 Å². The van der Waals surface area contributed by atoms with Crippen molar-refractivity contribution in [1.82, 2.24) is 0 Å². The Hall–Kier alpha value is -1.61. The van der Waals surface area contributed by atoms with Gasteiger partial charge in [-0.05, 0) is 31.9 Å². The summed E-state index contributed by atoms with van der Waals surface area (Å²) in [5, 5.41) is 9.94. The van der Waals surface area contributed by atoms with Crippen molar-refractivity contribution in [3.8, 4) is 0 Å². The van der Waals surface area contributed by atoms with Crippen molar-refractivity contribution >= 4 is 5.97 Å². The number of carbonyl (C=O) groups excluding carboxylic acids is 1. The molecule has 104 valence electrons. The SMILES string of the molecule is C=CC[C@](CC)(COC(=O)c1ccccc1)[C@@H](C)O. The van der Waals surface area contributed by atoms with Gasteiger partial charge in [0.15, 0.2) is 0 Å². The first-order valence-corrected chi connectivity index (χ1v) is 6.57. The molecule has 0 amide bonds. The van der Waals surface area contributed by atoms with Crippen LogP contribution in [-0.4, -0.2) is 23.8 Å². The maximum Gasteiger partial charge on any atom is 0.338 e. The molecule has 0 aliphatic heterocycles. The van der Waals surface area contributed by atoms with Crippen LogP contribution in [0.25, 0.3) is 0 Å². The summed E-state index contributed by atoms with van der Waals surface area (Å²) >= 11 is 0. The van der Waals surface area contributed by atoms with Crippen LogP contribution in [0.5, 0.6) is 0 Å². The topological polar surface area (TPSA) is 46.5 Å². The fourth-order valence-corrected chi connectivity index (χ4v) is 2.05. The molecule has 1 N–H and O–H groups in total. The van der Waals surface area contributed by atoms with Gasteiger partial charge in [0.25, 0.3) is 0 Å². The smallest absolute Gasteiger partial charge is 0.338 e. The first kappa shape index (κ1) is 15.4. The lowest BCUT2D eigenvalue weighted by Crippen LogP contribution is -2.37. The average Bonchev–Trinajstić information content (AvgIpc) is 2.43. The molecule has 0 heterocycles. The third-order valence-corrected chi connectivity index (χ3v) is 3.64. The van der Waals surface area contributed by atoms with Gasteiger partial charge >= 0.3 is 5.97 Å². The Kier molecular flexibility index (Phi) is 5.77. The number of hydrogen-bond acceptors (Lipinski definition) is 3. The monoisotopic (exact) mass is 262 g/mol. The van der Waals surface area contributed by atoms with Gasteiger partial charge in [-0.15, -0.1) is 6.58 Å². The van der Waals surface area contributed by atoms with E-state index in [1.807, 2.05) is 13.0 Å². The molecule has 1 aromatic rings. The van der Waals surface area contributed by atoms with Gasteiger partial charge in [0.1, 0.15) is 6.61 Å². The molecule has 2 atom stereocenters. The van der Waals surface area contributed by atoms with Gasteiger partial charge in [-0.2, -0.15) is 0 Å². The van der Waals surface area contributed by atoms with Gasteiger partial charge in [0, 0.05) is 5.41 Å². The van der Waals surface area contributed by atoms with Gasteiger partial charge < -0.3 is 9.84 Å². The van der Waals surface area contributed by atoms with E-state index in [2.05, 4.69) is 6.58 Å². The van der Waals surface area contributed by atoms with E-state index < -0.39 is 11.5 Å². The molecule has 0 bridgehead atoms. The van der Waals surface area contributed by atoms with Crippen LogP contribution in [0.15, 0.2) is 43.0 Å². The predicted octanol–water partition coefficient (Wildman–Crippen LogP) is 3.20. The predicted molar refractivity (Wildman–Crippen MR) is 75.9 cm³/mol. The molecule has 0 aliphatic carbocycles. The normalized spacial score (nSPS) is 15.3. The van der Waals surface area contributed by atoms with Gasteiger partial charge in [-0.3, -0.25) is 0 Å². The third kappa shape index (κ3) is 3.93. The summed E-state index contributed by atoms with van der Waals surface area (Å²) in [6, 6.07) is 8.86. The Bertz CT molecular complexity index is 411. The van der Waals surface area contributed by atoms with Gasteiger partial charge in [0.2, 0.25) is 0 Å². The van der Waals surface area contributed by atoms with Crippen LogP contribution in [0.1, 0.15) is 37.0 Å². The van der Waals surface area contributed by atoms with E-state index in [0.29, 0.717) is 12.0 Å². The Morgan fingerprint density at radius 3 is 2.58 bits per heavy atom. The Labute approximate surface area is 114 Å². The zero-order chi connectivity index (χ0) is 14.3. The minimum absolute atomic E-state index is 0.195. The minimum atomic E-state index is -0.556. The van der Waals surface area contributed by atoms with Crippen molar-refractivity contribution < 1.29 is 14.6 Å². The maximum absolute atomic E-state index is 11.9. The van der Waals surface area contributed by atoms with E-state index in [1.54, 1.807) is 37.3 Å². The summed E-state index contributed by atoms with van der Waals surface area (Å²) in [6.45, 7) is 7.61.